The Kier molecular flexibility index (Phi) is 2.62. The van der Waals surface area contributed by atoms with Crippen LogP contribution in [0.2, 0.25) is 0 Å². The van der Waals surface area contributed by atoms with Crippen molar-refractivity contribution in [2.24, 2.45) is 7.05 Å². The van der Waals surface area contributed by atoms with Crippen molar-refractivity contribution in [3.05, 3.63) is 12.3 Å². The number of nitrogens with zero attached hydrogens (tertiary/aromatic N) is 3. The zero-order valence-corrected chi connectivity index (χ0v) is 8.76. The Morgan fingerprint density at radius 1 is 1.73 bits per heavy atom. The molecule has 0 amide bonds. The Labute approximate surface area is 88.3 Å². The SMILES string of the molecule is Cn1nccc1N1CCCC1CC(=O)O. The second-order valence-electron chi connectivity index (χ2n) is 3.90. The molecule has 1 atom stereocenters. The molecule has 2 rings (SSSR count). The van der Waals surface area contributed by atoms with Crippen molar-refractivity contribution < 1.29 is 9.90 Å². The summed E-state index contributed by atoms with van der Waals surface area (Å²) in [5.74, 6) is 0.285. The molecule has 1 aliphatic rings. The van der Waals surface area contributed by atoms with E-state index in [1.165, 1.54) is 0 Å². The average molecular weight is 209 g/mol. The molecular formula is C10H15N3O2. The maximum atomic E-state index is 10.7. The van der Waals surface area contributed by atoms with Crippen molar-refractivity contribution in [1.29, 1.82) is 0 Å². The fraction of sp³-hybridized carbons (Fsp3) is 0.600. The minimum Gasteiger partial charge on any atom is -0.481 e. The van der Waals surface area contributed by atoms with E-state index in [9.17, 15) is 4.79 Å². The molecule has 1 N–H and O–H groups in total. The van der Waals surface area contributed by atoms with E-state index in [-0.39, 0.29) is 12.5 Å². The first kappa shape index (κ1) is 10.0. The number of aliphatic carboxylic acids is 1. The molecule has 2 heterocycles. The van der Waals surface area contributed by atoms with Crippen molar-refractivity contribution in [2.45, 2.75) is 25.3 Å². The number of carboxylic acids is 1. The molecule has 1 fully saturated rings. The van der Waals surface area contributed by atoms with Gasteiger partial charge in [-0.15, -0.1) is 0 Å². The van der Waals surface area contributed by atoms with E-state index < -0.39 is 5.97 Å². The number of anilines is 1. The van der Waals surface area contributed by atoms with Gasteiger partial charge in [-0.3, -0.25) is 9.48 Å². The van der Waals surface area contributed by atoms with Crippen molar-refractivity contribution in [1.82, 2.24) is 9.78 Å². The maximum Gasteiger partial charge on any atom is 0.305 e. The van der Waals surface area contributed by atoms with Crippen LogP contribution in [0.4, 0.5) is 5.82 Å². The highest BCUT2D eigenvalue weighted by molar-refractivity contribution is 5.68. The first-order valence-electron chi connectivity index (χ1n) is 5.15. The maximum absolute atomic E-state index is 10.7. The zero-order valence-electron chi connectivity index (χ0n) is 8.76. The molecule has 0 bridgehead atoms. The lowest BCUT2D eigenvalue weighted by molar-refractivity contribution is -0.137. The highest BCUT2D eigenvalue weighted by Crippen LogP contribution is 2.26. The molecule has 1 aromatic heterocycles. The van der Waals surface area contributed by atoms with Crippen molar-refractivity contribution in [3.8, 4) is 0 Å². The molecule has 0 saturated carbocycles. The van der Waals surface area contributed by atoms with E-state index in [4.69, 9.17) is 5.11 Å². The quantitative estimate of drug-likeness (QED) is 0.802. The lowest BCUT2D eigenvalue weighted by atomic mass is 10.1. The summed E-state index contributed by atoms with van der Waals surface area (Å²) >= 11 is 0. The highest BCUT2D eigenvalue weighted by atomic mass is 16.4. The topological polar surface area (TPSA) is 58.4 Å². The van der Waals surface area contributed by atoms with Crippen LogP contribution in [-0.4, -0.2) is 33.4 Å². The number of aromatic nitrogens is 2. The van der Waals surface area contributed by atoms with Gasteiger partial charge in [0.15, 0.2) is 0 Å². The van der Waals surface area contributed by atoms with Crippen molar-refractivity contribution >= 4 is 11.8 Å². The predicted octanol–water partition coefficient (Wildman–Crippen LogP) is 0.864. The standard InChI is InChI=1S/C10H15N3O2/c1-12-9(4-5-11-12)13-6-2-3-8(13)7-10(14)15/h4-5,8H,2-3,6-7H2,1H3,(H,14,15). The Morgan fingerprint density at radius 2 is 2.53 bits per heavy atom. The highest BCUT2D eigenvalue weighted by Gasteiger charge is 2.28. The van der Waals surface area contributed by atoms with Crippen molar-refractivity contribution in [3.63, 3.8) is 0 Å². The first-order valence-corrected chi connectivity index (χ1v) is 5.15. The van der Waals surface area contributed by atoms with Gasteiger partial charge >= 0.3 is 5.97 Å². The van der Waals surface area contributed by atoms with Crippen LogP contribution < -0.4 is 4.90 Å². The summed E-state index contributed by atoms with van der Waals surface area (Å²) in [7, 11) is 1.88. The van der Waals surface area contributed by atoms with E-state index in [2.05, 4.69) is 10.00 Å². The molecule has 82 valence electrons. The molecule has 0 aliphatic carbocycles. The number of rotatable bonds is 3. The number of carbonyl (C=O) groups is 1. The van der Waals surface area contributed by atoms with Gasteiger partial charge in [-0.1, -0.05) is 0 Å². The van der Waals surface area contributed by atoms with Crippen LogP contribution in [0.3, 0.4) is 0 Å². The molecule has 1 unspecified atom stereocenters. The summed E-state index contributed by atoms with van der Waals surface area (Å²) in [5, 5.41) is 12.9. The third-order valence-electron chi connectivity index (χ3n) is 2.88. The fourth-order valence-electron chi connectivity index (χ4n) is 2.20. The van der Waals surface area contributed by atoms with Crippen molar-refractivity contribution in [2.75, 3.05) is 11.4 Å². The van der Waals surface area contributed by atoms with Gasteiger partial charge in [-0.2, -0.15) is 5.10 Å². The van der Waals surface area contributed by atoms with Gasteiger partial charge in [0.2, 0.25) is 0 Å². The normalized spacial score (nSPS) is 20.9. The van der Waals surface area contributed by atoms with E-state index in [0.717, 1.165) is 25.2 Å². The second kappa shape index (κ2) is 3.92. The van der Waals surface area contributed by atoms with E-state index >= 15 is 0 Å². The Morgan fingerprint density at radius 3 is 3.13 bits per heavy atom. The van der Waals surface area contributed by atoms with Gasteiger partial charge in [-0.05, 0) is 12.8 Å². The van der Waals surface area contributed by atoms with Crippen LogP contribution in [0.25, 0.3) is 0 Å². The number of aryl methyl sites for hydroxylation is 1. The molecule has 0 aromatic carbocycles. The smallest absolute Gasteiger partial charge is 0.305 e. The zero-order chi connectivity index (χ0) is 10.8. The predicted molar refractivity (Wildman–Crippen MR) is 55.8 cm³/mol. The summed E-state index contributed by atoms with van der Waals surface area (Å²) in [6.07, 6.45) is 3.97. The first-order chi connectivity index (χ1) is 7.18. The van der Waals surface area contributed by atoms with Crippen LogP contribution >= 0.6 is 0 Å². The van der Waals surface area contributed by atoms with Gasteiger partial charge < -0.3 is 10.0 Å². The lowest BCUT2D eigenvalue weighted by Gasteiger charge is -2.25. The molecule has 5 nitrogen and oxygen atoms in total. The van der Waals surface area contributed by atoms with Gasteiger partial charge in [0.1, 0.15) is 5.82 Å². The van der Waals surface area contributed by atoms with Crippen LogP contribution in [-0.2, 0) is 11.8 Å². The van der Waals surface area contributed by atoms with Crippen LogP contribution in [0.1, 0.15) is 19.3 Å². The van der Waals surface area contributed by atoms with Gasteiger partial charge in [-0.25, -0.2) is 0 Å². The van der Waals surface area contributed by atoms with Crippen LogP contribution in [0.5, 0.6) is 0 Å². The molecule has 0 spiro atoms. The summed E-state index contributed by atoms with van der Waals surface area (Å²) in [6.45, 7) is 0.928. The Bertz CT molecular complexity index is 361. The molecule has 1 aliphatic heterocycles. The van der Waals surface area contributed by atoms with Crippen LogP contribution in [0, 0.1) is 0 Å². The molecular weight excluding hydrogens is 194 g/mol. The largest absolute Gasteiger partial charge is 0.481 e. The molecule has 15 heavy (non-hydrogen) atoms. The third-order valence-corrected chi connectivity index (χ3v) is 2.88. The number of hydrogen-bond acceptors (Lipinski definition) is 3. The van der Waals surface area contributed by atoms with E-state index in [0.29, 0.717) is 0 Å². The molecule has 1 aromatic rings. The molecule has 1 saturated heterocycles. The molecule has 5 heteroatoms. The summed E-state index contributed by atoms with van der Waals surface area (Å²) in [6, 6.07) is 2.05. The fourth-order valence-corrected chi connectivity index (χ4v) is 2.20. The third kappa shape index (κ3) is 1.95. The van der Waals surface area contributed by atoms with Crippen LogP contribution in [0.15, 0.2) is 12.3 Å². The van der Waals surface area contributed by atoms with Gasteiger partial charge in [0.05, 0.1) is 12.6 Å². The molecule has 0 radical (unpaired) electrons. The number of hydrogen-bond donors (Lipinski definition) is 1. The van der Waals surface area contributed by atoms with Gasteiger partial charge in [0.25, 0.3) is 0 Å². The number of carboxylic acid groups (broad SMARTS) is 1. The Hall–Kier alpha value is -1.52. The minimum atomic E-state index is -0.728. The Balaban J connectivity index is 2.14. The summed E-state index contributed by atoms with van der Waals surface area (Å²) in [5.41, 5.74) is 0. The second-order valence-corrected chi connectivity index (χ2v) is 3.90. The monoisotopic (exact) mass is 209 g/mol. The van der Waals surface area contributed by atoms with E-state index in [1.54, 1.807) is 10.9 Å². The summed E-state index contributed by atoms with van der Waals surface area (Å²) in [4.78, 5) is 12.8. The van der Waals surface area contributed by atoms with Gasteiger partial charge in [0, 0.05) is 25.7 Å². The van der Waals surface area contributed by atoms with E-state index in [1.807, 2.05) is 13.1 Å². The minimum absolute atomic E-state index is 0.123. The average Bonchev–Trinajstić information content (AvgIpc) is 2.73. The lowest BCUT2D eigenvalue weighted by Crippen LogP contribution is -2.32. The summed E-state index contributed by atoms with van der Waals surface area (Å²) < 4.78 is 1.79.